The quantitative estimate of drug-likeness (QED) is 0.536. The van der Waals surface area contributed by atoms with Crippen molar-refractivity contribution in [3.05, 3.63) is 60.2 Å². The van der Waals surface area contributed by atoms with E-state index in [0.717, 1.165) is 11.3 Å². The number of rotatable bonds is 4. The van der Waals surface area contributed by atoms with Crippen molar-refractivity contribution < 1.29 is 28.3 Å². The molecular weight excluding hydrogens is 207 g/mol. The topological polar surface area (TPSA) is 18.5 Å². The predicted molar refractivity (Wildman–Crippen MR) is 62.6 cm³/mol. The summed E-state index contributed by atoms with van der Waals surface area (Å²) in [5, 5.41) is 0. The zero-order valence-corrected chi connectivity index (χ0v) is 10.1. The second-order valence-corrected chi connectivity index (χ2v) is 3.37. The van der Waals surface area contributed by atoms with Gasteiger partial charge in [0.05, 0.1) is 7.11 Å². The third-order valence-electron chi connectivity index (χ3n) is 2.22. The minimum absolute atomic E-state index is 0. The van der Waals surface area contributed by atoms with Crippen molar-refractivity contribution in [1.82, 2.24) is 0 Å². The summed E-state index contributed by atoms with van der Waals surface area (Å²) in [6.07, 6.45) is 0. The maximum Gasteiger partial charge on any atom is 1.00 e. The first-order valence-corrected chi connectivity index (χ1v) is 5.11. The van der Waals surface area contributed by atoms with Crippen LogP contribution in [0, 0.1) is 6.07 Å². The van der Waals surface area contributed by atoms with Crippen molar-refractivity contribution in [2.45, 2.75) is 6.61 Å². The van der Waals surface area contributed by atoms with E-state index in [2.05, 4.69) is 6.07 Å². The van der Waals surface area contributed by atoms with Gasteiger partial charge in [0.1, 0.15) is 6.61 Å². The molecule has 3 heteroatoms. The van der Waals surface area contributed by atoms with Gasteiger partial charge in [-0.2, -0.15) is 6.07 Å². The van der Waals surface area contributed by atoms with Crippen LogP contribution in [0.1, 0.15) is 5.56 Å². The molecule has 0 amide bonds. The minimum atomic E-state index is 0. The molecule has 0 aliphatic rings. The van der Waals surface area contributed by atoms with Crippen LogP contribution in [0.15, 0.2) is 48.5 Å². The maximum atomic E-state index is 5.60. The zero-order valence-electron chi connectivity index (χ0n) is 10.1. The molecule has 0 atom stereocenters. The molecule has 2 rings (SSSR count). The van der Waals surface area contributed by atoms with Crippen LogP contribution in [0.4, 0.5) is 0 Å². The van der Waals surface area contributed by atoms with Gasteiger partial charge in [0.15, 0.2) is 0 Å². The molecule has 0 N–H and O–H groups in total. The Bertz CT molecular complexity index is 443. The second-order valence-electron chi connectivity index (χ2n) is 3.37. The molecular formula is C14H13LiO2. The Morgan fingerprint density at radius 2 is 1.88 bits per heavy atom. The molecule has 0 unspecified atom stereocenters. The van der Waals surface area contributed by atoms with E-state index in [1.165, 1.54) is 0 Å². The normalized spacial score (nSPS) is 9.24. The Balaban J connectivity index is 0.00000144. The fourth-order valence-corrected chi connectivity index (χ4v) is 1.37. The third kappa shape index (κ3) is 4.18. The summed E-state index contributed by atoms with van der Waals surface area (Å²) < 4.78 is 10.7. The first kappa shape index (κ1) is 13.7. The van der Waals surface area contributed by atoms with Gasteiger partial charge < -0.3 is 9.47 Å². The summed E-state index contributed by atoms with van der Waals surface area (Å²) in [7, 11) is 1.64. The third-order valence-corrected chi connectivity index (χ3v) is 2.22. The molecule has 0 aromatic heterocycles. The van der Waals surface area contributed by atoms with E-state index in [1.54, 1.807) is 13.2 Å². The molecule has 0 spiro atoms. The standard InChI is InChI=1S/C14H13O2.Li/c1-15-13-8-5-9-14(10-13)16-11-12-6-3-2-4-7-12;/h2-8,10H,11H2,1H3;/q-1;+1. The summed E-state index contributed by atoms with van der Waals surface area (Å²) >= 11 is 0. The van der Waals surface area contributed by atoms with Crippen LogP contribution in [0.5, 0.6) is 11.5 Å². The Labute approximate surface area is 114 Å². The van der Waals surface area contributed by atoms with E-state index in [0.29, 0.717) is 12.4 Å². The number of methoxy groups -OCH3 is 1. The van der Waals surface area contributed by atoms with E-state index in [9.17, 15) is 0 Å². The van der Waals surface area contributed by atoms with Gasteiger partial charge in [-0.15, -0.1) is 12.1 Å². The maximum absolute atomic E-state index is 5.60. The first-order chi connectivity index (χ1) is 7.88. The van der Waals surface area contributed by atoms with Crippen molar-refractivity contribution in [3.63, 3.8) is 0 Å². The van der Waals surface area contributed by atoms with E-state index in [-0.39, 0.29) is 18.9 Å². The molecule has 2 nitrogen and oxygen atoms in total. The molecule has 0 fully saturated rings. The van der Waals surface area contributed by atoms with E-state index >= 15 is 0 Å². The smallest absolute Gasteiger partial charge is 0.522 e. The van der Waals surface area contributed by atoms with Crippen LogP contribution < -0.4 is 28.3 Å². The van der Waals surface area contributed by atoms with E-state index < -0.39 is 0 Å². The van der Waals surface area contributed by atoms with Gasteiger partial charge in [-0.05, 0) is 5.56 Å². The number of ether oxygens (including phenoxy) is 2. The Morgan fingerprint density at radius 1 is 1.12 bits per heavy atom. The van der Waals surface area contributed by atoms with Crippen LogP contribution in [-0.2, 0) is 6.61 Å². The molecule has 0 heterocycles. The van der Waals surface area contributed by atoms with Crippen molar-refractivity contribution >= 4 is 0 Å². The van der Waals surface area contributed by atoms with Crippen LogP contribution >= 0.6 is 0 Å². The average Bonchev–Trinajstić information content (AvgIpc) is 2.38. The number of hydrogen-bond acceptors (Lipinski definition) is 2. The van der Waals surface area contributed by atoms with Crippen molar-refractivity contribution in [3.8, 4) is 11.5 Å². The van der Waals surface area contributed by atoms with Gasteiger partial charge in [-0.1, -0.05) is 36.4 Å². The molecule has 82 valence electrons. The molecule has 2 aromatic carbocycles. The fraction of sp³-hybridized carbons (Fsp3) is 0.143. The first-order valence-electron chi connectivity index (χ1n) is 5.11. The van der Waals surface area contributed by atoms with Crippen LogP contribution in [0.3, 0.4) is 0 Å². The predicted octanol–water partition coefficient (Wildman–Crippen LogP) is 0.0784. The zero-order chi connectivity index (χ0) is 11.2. The molecule has 0 saturated carbocycles. The number of benzene rings is 2. The largest absolute Gasteiger partial charge is 1.00 e. The second kappa shape index (κ2) is 7.06. The van der Waals surface area contributed by atoms with Gasteiger partial charge in [0.2, 0.25) is 0 Å². The monoisotopic (exact) mass is 220 g/mol. The van der Waals surface area contributed by atoms with Crippen molar-refractivity contribution in [1.29, 1.82) is 0 Å². The molecule has 0 bridgehead atoms. The Kier molecular flexibility index (Phi) is 5.69. The van der Waals surface area contributed by atoms with Gasteiger partial charge in [0.25, 0.3) is 0 Å². The SMILES string of the molecule is COc1cc[c-]c(OCc2ccccc2)c1.[Li+]. The molecule has 2 aromatic rings. The molecule has 0 aliphatic heterocycles. The molecule has 17 heavy (non-hydrogen) atoms. The number of hydrogen-bond donors (Lipinski definition) is 0. The molecule has 0 radical (unpaired) electrons. The van der Waals surface area contributed by atoms with Gasteiger partial charge in [-0.25, -0.2) is 0 Å². The van der Waals surface area contributed by atoms with E-state index in [1.807, 2.05) is 42.5 Å². The van der Waals surface area contributed by atoms with Crippen molar-refractivity contribution in [2.75, 3.05) is 7.11 Å². The van der Waals surface area contributed by atoms with Gasteiger partial charge >= 0.3 is 18.9 Å². The fourth-order valence-electron chi connectivity index (χ4n) is 1.37. The van der Waals surface area contributed by atoms with Gasteiger partial charge in [-0.3, -0.25) is 0 Å². The van der Waals surface area contributed by atoms with Crippen LogP contribution in [0.25, 0.3) is 0 Å². The minimum Gasteiger partial charge on any atom is -0.522 e. The van der Waals surface area contributed by atoms with Crippen LogP contribution in [0.2, 0.25) is 0 Å². The molecule has 0 saturated heterocycles. The Hall–Kier alpha value is -1.36. The summed E-state index contributed by atoms with van der Waals surface area (Å²) in [6.45, 7) is 0.546. The van der Waals surface area contributed by atoms with Crippen LogP contribution in [-0.4, -0.2) is 7.11 Å². The molecule has 0 aliphatic carbocycles. The van der Waals surface area contributed by atoms with E-state index in [4.69, 9.17) is 9.47 Å². The summed E-state index contributed by atoms with van der Waals surface area (Å²) in [5.41, 5.74) is 1.14. The Morgan fingerprint density at radius 3 is 2.59 bits per heavy atom. The van der Waals surface area contributed by atoms with Gasteiger partial charge in [0, 0.05) is 11.5 Å². The van der Waals surface area contributed by atoms with Crippen molar-refractivity contribution in [2.24, 2.45) is 0 Å². The average molecular weight is 220 g/mol. The summed E-state index contributed by atoms with van der Waals surface area (Å²) in [6, 6.07) is 18.5. The summed E-state index contributed by atoms with van der Waals surface area (Å²) in [5.74, 6) is 1.48. The summed E-state index contributed by atoms with van der Waals surface area (Å²) in [4.78, 5) is 0.